The molecule has 1 atom stereocenters. The highest BCUT2D eigenvalue weighted by atomic mass is 35.5. The third kappa shape index (κ3) is 3.96. The number of aliphatic hydroxyl groups is 1. The predicted octanol–water partition coefficient (Wildman–Crippen LogP) is 2.99. The standard InChI is InChI=1S/C15H16ClNO2/c16-12-5-7-14(8-6-12)19-15-4-2-1-3-11(15)9-13(17)10-18/h1-8,13,18H,9-10,17H2. The molecular weight excluding hydrogens is 262 g/mol. The molecule has 3 nitrogen and oxygen atoms in total. The van der Waals surface area contributed by atoms with Crippen LogP contribution in [0.3, 0.4) is 0 Å². The molecule has 0 aliphatic carbocycles. The minimum absolute atomic E-state index is 0.0463. The lowest BCUT2D eigenvalue weighted by molar-refractivity contribution is 0.264. The van der Waals surface area contributed by atoms with E-state index in [4.69, 9.17) is 27.2 Å². The topological polar surface area (TPSA) is 55.5 Å². The van der Waals surface area contributed by atoms with Crippen LogP contribution in [0.4, 0.5) is 0 Å². The Balaban J connectivity index is 2.17. The van der Waals surface area contributed by atoms with Crippen molar-refractivity contribution in [1.82, 2.24) is 0 Å². The van der Waals surface area contributed by atoms with E-state index in [1.807, 2.05) is 36.4 Å². The molecule has 0 saturated carbocycles. The largest absolute Gasteiger partial charge is 0.457 e. The maximum absolute atomic E-state index is 9.03. The summed E-state index contributed by atoms with van der Waals surface area (Å²) in [6.45, 7) is -0.0463. The van der Waals surface area contributed by atoms with Crippen molar-refractivity contribution in [1.29, 1.82) is 0 Å². The molecule has 4 heteroatoms. The van der Waals surface area contributed by atoms with Crippen LogP contribution in [0.25, 0.3) is 0 Å². The highest BCUT2D eigenvalue weighted by Gasteiger charge is 2.08. The zero-order chi connectivity index (χ0) is 13.7. The zero-order valence-corrected chi connectivity index (χ0v) is 11.2. The molecule has 2 rings (SSSR count). The SMILES string of the molecule is NC(CO)Cc1ccccc1Oc1ccc(Cl)cc1. The summed E-state index contributed by atoms with van der Waals surface area (Å²) in [7, 11) is 0. The second-order valence-corrected chi connectivity index (χ2v) is 4.75. The summed E-state index contributed by atoms with van der Waals surface area (Å²) >= 11 is 5.83. The van der Waals surface area contributed by atoms with Gasteiger partial charge in [-0.25, -0.2) is 0 Å². The first-order valence-corrected chi connectivity index (χ1v) is 6.44. The Morgan fingerprint density at radius 2 is 1.79 bits per heavy atom. The maximum atomic E-state index is 9.03. The average Bonchev–Trinajstić information content (AvgIpc) is 2.43. The van der Waals surface area contributed by atoms with E-state index < -0.39 is 0 Å². The van der Waals surface area contributed by atoms with E-state index in [1.54, 1.807) is 12.1 Å². The van der Waals surface area contributed by atoms with Crippen LogP contribution in [-0.4, -0.2) is 17.8 Å². The van der Waals surface area contributed by atoms with Crippen molar-refractivity contribution in [2.24, 2.45) is 5.73 Å². The van der Waals surface area contributed by atoms with Crippen LogP contribution >= 0.6 is 11.6 Å². The normalized spacial score (nSPS) is 12.2. The molecule has 0 amide bonds. The fourth-order valence-corrected chi connectivity index (χ4v) is 1.87. The first kappa shape index (κ1) is 13.9. The minimum Gasteiger partial charge on any atom is -0.457 e. The van der Waals surface area contributed by atoms with Gasteiger partial charge in [0.05, 0.1) is 6.61 Å². The Morgan fingerprint density at radius 1 is 1.11 bits per heavy atom. The second kappa shape index (κ2) is 6.57. The van der Waals surface area contributed by atoms with Gasteiger partial charge in [0.2, 0.25) is 0 Å². The number of benzene rings is 2. The van der Waals surface area contributed by atoms with E-state index in [0.717, 1.165) is 17.1 Å². The summed E-state index contributed by atoms with van der Waals surface area (Å²) in [5.41, 5.74) is 6.74. The number of rotatable bonds is 5. The Labute approximate surface area is 117 Å². The van der Waals surface area contributed by atoms with Crippen LogP contribution in [0.1, 0.15) is 5.56 Å². The highest BCUT2D eigenvalue weighted by Crippen LogP contribution is 2.26. The zero-order valence-electron chi connectivity index (χ0n) is 10.4. The highest BCUT2D eigenvalue weighted by molar-refractivity contribution is 6.30. The molecule has 0 saturated heterocycles. The Kier molecular flexibility index (Phi) is 4.80. The van der Waals surface area contributed by atoms with Crippen LogP contribution in [0, 0.1) is 0 Å². The van der Waals surface area contributed by atoms with E-state index in [9.17, 15) is 0 Å². The number of hydrogen-bond donors (Lipinski definition) is 2. The summed E-state index contributed by atoms with van der Waals surface area (Å²) < 4.78 is 5.81. The van der Waals surface area contributed by atoms with Crippen LogP contribution in [0.5, 0.6) is 11.5 Å². The average molecular weight is 278 g/mol. The van der Waals surface area contributed by atoms with Crippen molar-refractivity contribution in [3.63, 3.8) is 0 Å². The number of aliphatic hydroxyl groups excluding tert-OH is 1. The minimum atomic E-state index is -0.282. The maximum Gasteiger partial charge on any atom is 0.130 e. The fraction of sp³-hybridized carbons (Fsp3) is 0.200. The second-order valence-electron chi connectivity index (χ2n) is 4.31. The van der Waals surface area contributed by atoms with E-state index in [-0.39, 0.29) is 12.6 Å². The molecule has 0 heterocycles. The van der Waals surface area contributed by atoms with Gasteiger partial charge in [-0.2, -0.15) is 0 Å². The first-order chi connectivity index (χ1) is 9.19. The molecule has 19 heavy (non-hydrogen) atoms. The fourth-order valence-electron chi connectivity index (χ4n) is 1.75. The van der Waals surface area contributed by atoms with Crippen molar-refractivity contribution in [2.45, 2.75) is 12.5 Å². The quantitative estimate of drug-likeness (QED) is 0.883. The van der Waals surface area contributed by atoms with Gasteiger partial charge in [-0.15, -0.1) is 0 Å². The summed E-state index contributed by atoms with van der Waals surface area (Å²) in [5, 5.41) is 9.70. The van der Waals surface area contributed by atoms with E-state index in [0.29, 0.717) is 11.4 Å². The van der Waals surface area contributed by atoms with Gasteiger partial charge in [0.15, 0.2) is 0 Å². The first-order valence-electron chi connectivity index (χ1n) is 6.07. The molecule has 2 aromatic carbocycles. The molecule has 3 N–H and O–H groups in total. The number of nitrogens with two attached hydrogens (primary N) is 1. The monoisotopic (exact) mass is 277 g/mol. The van der Waals surface area contributed by atoms with Gasteiger partial charge in [0.25, 0.3) is 0 Å². The molecule has 0 aromatic heterocycles. The Hall–Kier alpha value is -1.55. The van der Waals surface area contributed by atoms with Crippen molar-refractivity contribution in [3.8, 4) is 11.5 Å². The van der Waals surface area contributed by atoms with Gasteiger partial charge in [-0.1, -0.05) is 29.8 Å². The lowest BCUT2D eigenvalue weighted by Crippen LogP contribution is -2.26. The molecule has 0 bridgehead atoms. The molecule has 0 aliphatic rings. The third-order valence-electron chi connectivity index (χ3n) is 2.73. The van der Waals surface area contributed by atoms with Gasteiger partial charge < -0.3 is 15.6 Å². The molecule has 1 unspecified atom stereocenters. The third-order valence-corrected chi connectivity index (χ3v) is 2.98. The lowest BCUT2D eigenvalue weighted by Gasteiger charge is -2.13. The molecule has 0 aliphatic heterocycles. The van der Waals surface area contributed by atoms with Crippen LogP contribution in [-0.2, 0) is 6.42 Å². The number of para-hydroxylation sites is 1. The number of halogens is 1. The number of hydrogen-bond acceptors (Lipinski definition) is 3. The summed E-state index contributed by atoms with van der Waals surface area (Å²) in [6, 6.07) is 14.5. The van der Waals surface area contributed by atoms with Crippen LogP contribution < -0.4 is 10.5 Å². The van der Waals surface area contributed by atoms with Gasteiger partial charge in [-0.05, 0) is 42.3 Å². The van der Waals surface area contributed by atoms with Gasteiger partial charge in [0, 0.05) is 11.1 Å². The molecule has 0 spiro atoms. The summed E-state index contributed by atoms with van der Waals surface area (Å²) in [5.74, 6) is 1.46. The summed E-state index contributed by atoms with van der Waals surface area (Å²) in [6.07, 6.45) is 0.570. The van der Waals surface area contributed by atoms with E-state index in [2.05, 4.69) is 0 Å². The Morgan fingerprint density at radius 3 is 2.47 bits per heavy atom. The molecule has 0 fully saturated rings. The van der Waals surface area contributed by atoms with E-state index >= 15 is 0 Å². The van der Waals surface area contributed by atoms with Crippen molar-refractivity contribution in [2.75, 3.05) is 6.61 Å². The summed E-state index contributed by atoms with van der Waals surface area (Å²) in [4.78, 5) is 0. The number of ether oxygens (including phenoxy) is 1. The molecule has 2 aromatic rings. The van der Waals surface area contributed by atoms with Crippen LogP contribution in [0.15, 0.2) is 48.5 Å². The van der Waals surface area contributed by atoms with Crippen molar-refractivity contribution < 1.29 is 9.84 Å². The lowest BCUT2D eigenvalue weighted by atomic mass is 10.1. The molecular formula is C15H16ClNO2. The smallest absolute Gasteiger partial charge is 0.130 e. The van der Waals surface area contributed by atoms with E-state index in [1.165, 1.54) is 0 Å². The van der Waals surface area contributed by atoms with Gasteiger partial charge in [-0.3, -0.25) is 0 Å². The van der Waals surface area contributed by atoms with Crippen molar-refractivity contribution in [3.05, 3.63) is 59.1 Å². The molecule has 100 valence electrons. The molecule has 0 radical (unpaired) electrons. The van der Waals surface area contributed by atoms with Crippen molar-refractivity contribution >= 4 is 11.6 Å². The van der Waals surface area contributed by atoms with Gasteiger partial charge >= 0.3 is 0 Å². The predicted molar refractivity (Wildman–Crippen MR) is 76.7 cm³/mol. The van der Waals surface area contributed by atoms with Crippen LogP contribution in [0.2, 0.25) is 5.02 Å². The van der Waals surface area contributed by atoms with Gasteiger partial charge in [0.1, 0.15) is 11.5 Å². The Bertz CT molecular complexity index is 528.